The minimum Gasteiger partial charge on any atom is -0.504 e. The third-order valence-electron chi connectivity index (χ3n) is 2.04. The van der Waals surface area contributed by atoms with Crippen LogP contribution in [0.15, 0.2) is 24.3 Å². The van der Waals surface area contributed by atoms with Gasteiger partial charge in [-0.2, -0.15) is 5.26 Å². The van der Waals surface area contributed by atoms with Gasteiger partial charge in [0.25, 0.3) is 0 Å². The van der Waals surface area contributed by atoms with Crippen molar-refractivity contribution in [1.29, 1.82) is 5.26 Å². The maximum absolute atomic E-state index is 11.4. The molecule has 0 aliphatic carbocycles. The number of aromatic hydroxyl groups is 2. The molecule has 0 aromatic heterocycles. The lowest BCUT2D eigenvalue weighted by Gasteiger charge is -2.06. The number of esters is 1. The maximum atomic E-state index is 11.4. The predicted molar refractivity (Wildman–Crippen MR) is 64.6 cm³/mol. The molecule has 0 spiro atoms. The van der Waals surface area contributed by atoms with Crippen molar-refractivity contribution in [3.05, 3.63) is 29.8 Å². The van der Waals surface area contributed by atoms with Crippen LogP contribution in [0.4, 0.5) is 0 Å². The Morgan fingerprint density at radius 1 is 1.44 bits per heavy atom. The molecule has 0 saturated heterocycles. The predicted octanol–water partition coefficient (Wildman–Crippen LogP) is 1.96. The van der Waals surface area contributed by atoms with E-state index in [-0.39, 0.29) is 23.0 Å². The first kappa shape index (κ1) is 13.6. The molecule has 0 aliphatic heterocycles. The molecule has 0 atom stereocenters. The van der Waals surface area contributed by atoms with E-state index < -0.39 is 11.7 Å². The van der Waals surface area contributed by atoms with Crippen molar-refractivity contribution >= 4 is 11.5 Å². The van der Waals surface area contributed by atoms with Crippen molar-refractivity contribution in [2.75, 3.05) is 0 Å². The number of hydrogen-bond acceptors (Lipinski definition) is 5. The Balaban J connectivity index is 3.11. The first-order valence-corrected chi connectivity index (χ1v) is 5.29. The quantitative estimate of drug-likeness (QED) is 0.369. The summed E-state index contributed by atoms with van der Waals surface area (Å²) in [5.41, 5.74) is 0.00672. The molecule has 1 aromatic carbocycles. The van der Waals surface area contributed by atoms with E-state index in [2.05, 4.69) is 0 Å². The second kappa shape index (κ2) is 5.73. The summed E-state index contributed by atoms with van der Waals surface area (Å²) >= 11 is 0. The highest BCUT2D eigenvalue weighted by Crippen LogP contribution is 2.32. The number of nitriles is 1. The minimum absolute atomic E-state index is 0.0750. The average Bonchev–Trinajstić information content (AvgIpc) is 2.29. The van der Waals surface area contributed by atoms with Crippen LogP contribution >= 0.6 is 0 Å². The summed E-state index contributed by atoms with van der Waals surface area (Å²) in [5.74, 6) is -1.47. The van der Waals surface area contributed by atoms with E-state index in [0.717, 1.165) is 6.08 Å². The van der Waals surface area contributed by atoms with E-state index in [1.165, 1.54) is 18.2 Å². The lowest BCUT2D eigenvalue weighted by atomic mass is 10.1. The lowest BCUT2D eigenvalue weighted by molar-refractivity contribution is -0.141. The van der Waals surface area contributed by atoms with Crippen LogP contribution in [0.3, 0.4) is 0 Å². The third kappa shape index (κ3) is 3.25. The fourth-order valence-corrected chi connectivity index (χ4v) is 1.30. The molecule has 5 nitrogen and oxygen atoms in total. The summed E-state index contributed by atoms with van der Waals surface area (Å²) in [5, 5.41) is 27.9. The van der Waals surface area contributed by atoms with Crippen molar-refractivity contribution in [2.45, 2.75) is 20.0 Å². The molecular weight excluding hydrogens is 234 g/mol. The van der Waals surface area contributed by atoms with E-state index in [1.807, 2.05) is 0 Å². The van der Waals surface area contributed by atoms with Gasteiger partial charge in [0.05, 0.1) is 11.7 Å². The van der Waals surface area contributed by atoms with Crippen LogP contribution in [0.1, 0.15) is 19.4 Å². The van der Waals surface area contributed by atoms with Crippen molar-refractivity contribution < 1.29 is 19.7 Å². The summed E-state index contributed by atoms with van der Waals surface area (Å²) < 4.78 is 4.86. The van der Waals surface area contributed by atoms with Crippen molar-refractivity contribution in [3.8, 4) is 17.6 Å². The normalized spacial score (nSPS) is 11.1. The highest BCUT2D eigenvalue weighted by molar-refractivity contribution is 5.96. The second-order valence-corrected chi connectivity index (χ2v) is 3.83. The molecule has 1 aromatic rings. The number of phenols is 2. The Bertz CT molecular complexity index is 526. The highest BCUT2D eigenvalue weighted by Gasteiger charge is 2.12. The Kier molecular flexibility index (Phi) is 4.33. The van der Waals surface area contributed by atoms with Gasteiger partial charge < -0.3 is 14.9 Å². The molecule has 0 unspecified atom stereocenters. The first-order chi connectivity index (χ1) is 8.45. The SMILES string of the molecule is CC(C)OC(=O)C=C(C#N)c1cccc(O)c1O. The second-order valence-electron chi connectivity index (χ2n) is 3.83. The largest absolute Gasteiger partial charge is 0.504 e. The number of carbonyl (C=O) groups is 1. The zero-order chi connectivity index (χ0) is 13.7. The highest BCUT2D eigenvalue weighted by atomic mass is 16.5. The Morgan fingerprint density at radius 2 is 2.11 bits per heavy atom. The molecule has 18 heavy (non-hydrogen) atoms. The van der Waals surface area contributed by atoms with E-state index in [0.29, 0.717) is 0 Å². The van der Waals surface area contributed by atoms with Crippen molar-refractivity contribution in [3.63, 3.8) is 0 Å². The van der Waals surface area contributed by atoms with Gasteiger partial charge in [-0.15, -0.1) is 0 Å². The summed E-state index contributed by atoms with van der Waals surface area (Å²) in [4.78, 5) is 11.4. The average molecular weight is 247 g/mol. The van der Waals surface area contributed by atoms with Crippen molar-refractivity contribution in [1.82, 2.24) is 0 Å². The number of para-hydroxylation sites is 1. The van der Waals surface area contributed by atoms with E-state index in [4.69, 9.17) is 10.00 Å². The molecule has 0 amide bonds. The fraction of sp³-hybridized carbons (Fsp3) is 0.231. The minimum atomic E-state index is -0.677. The molecule has 0 heterocycles. The summed E-state index contributed by atoms with van der Waals surface area (Å²) in [6.45, 7) is 3.37. The van der Waals surface area contributed by atoms with Gasteiger partial charge in [0.1, 0.15) is 6.07 Å². The number of nitrogens with zero attached hydrogens (tertiary/aromatic N) is 1. The summed E-state index contributed by atoms with van der Waals surface area (Å²) in [6, 6.07) is 5.94. The molecule has 94 valence electrons. The fourth-order valence-electron chi connectivity index (χ4n) is 1.30. The Hall–Kier alpha value is -2.48. The van der Waals surface area contributed by atoms with Crippen LogP contribution in [0.2, 0.25) is 0 Å². The zero-order valence-electron chi connectivity index (χ0n) is 10.0. The number of rotatable bonds is 3. The smallest absolute Gasteiger partial charge is 0.332 e. The first-order valence-electron chi connectivity index (χ1n) is 5.29. The molecule has 1 rings (SSSR count). The number of phenolic OH excluding ortho intramolecular Hbond substituents is 2. The van der Waals surface area contributed by atoms with Crippen LogP contribution in [0.5, 0.6) is 11.5 Å². The van der Waals surface area contributed by atoms with E-state index >= 15 is 0 Å². The molecule has 0 bridgehead atoms. The number of carbonyl (C=O) groups excluding carboxylic acids is 1. The van der Waals surface area contributed by atoms with Crippen LogP contribution < -0.4 is 0 Å². The van der Waals surface area contributed by atoms with E-state index in [1.54, 1.807) is 19.9 Å². The number of benzene rings is 1. The molecular formula is C13H13NO4. The molecule has 0 radical (unpaired) electrons. The third-order valence-corrected chi connectivity index (χ3v) is 2.04. The Labute approximate surface area is 105 Å². The maximum Gasteiger partial charge on any atom is 0.332 e. The van der Waals surface area contributed by atoms with Crippen molar-refractivity contribution in [2.24, 2.45) is 0 Å². The molecule has 5 heteroatoms. The van der Waals surface area contributed by atoms with Gasteiger partial charge in [-0.05, 0) is 26.0 Å². The topological polar surface area (TPSA) is 90.6 Å². The number of ether oxygens (including phenoxy) is 1. The van der Waals surface area contributed by atoms with Gasteiger partial charge in [0, 0.05) is 11.6 Å². The monoisotopic (exact) mass is 247 g/mol. The molecule has 0 saturated carbocycles. The number of allylic oxidation sites excluding steroid dienone is 1. The van der Waals surface area contributed by atoms with Gasteiger partial charge in [0.2, 0.25) is 0 Å². The van der Waals surface area contributed by atoms with Gasteiger partial charge in [-0.1, -0.05) is 6.07 Å². The zero-order valence-corrected chi connectivity index (χ0v) is 10.0. The number of hydrogen-bond donors (Lipinski definition) is 2. The molecule has 0 fully saturated rings. The summed E-state index contributed by atoms with van der Waals surface area (Å²) in [7, 11) is 0. The Morgan fingerprint density at radius 3 is 2.67 bits per heavy atom. The van der Waals surface area contributed by atoms with Gasteiger partial charge in [0.15, 0.2) is 11.5 Å². The standard InChI is InChI=1S/C13H13NO4/c1-8(2)18-12(16)6-9(7-14)10-4-3-5-11(15)13(10)17/h3-6,8,15,17H,1-2H3. The van der Waals surface area contributed by atoms with Crippen LogP contribution in [0.25, 0.3) is 5.57 Å². The van der Waals surface area contributed by atoms with Gasteiger partial charge >= 0.3 is 5.97 Å². The van der Waals surface area contributed by atoms with Gasteiger partial charge in [-0.3, -0.25) is 0 Å². The van der Waals surface area contributed by atoms with Gasteiger partial charge in [-0.25, -0.2) is 4.79 Å². The molecule has 0 aliphatic rings. The van der Waals surface area contributed by atoms with Crippen LogP contribution in [0, 0.1) is 11.3 Å². The van der Waals surface area contributed by atoms with Crippen LogP contribution in [-0.2, 0) is 9.53 Å². The summed E-state index contributed by atoms with van der Waals surface area (Å²) in [6.07, 6.45) is 0.681. The van der Waals surface area contributed by atoms with Crippen LogP contribution in [-0.4, -0.2) is 22.3 Å². The van der Waals surface area contributed by atoms with E-state index in [9.17, 15) is 15.0 Å². The molecule has 2 N–H and O–H groups in total. The lowest BCUT2D eigenvalue weighted by Crippen LogP contribution is -2.09.